The summed E-state index contributed by atoms with van der Waals surface area (Å²) in [5.41, 5.74) is 1.81. The van der Waals surface area contributed by atoms with Crippen molar-refractivity contribution < 1.29 is 14.3 Å². The molecule has 6 heteroatoms. The number of likely N-dealkylation sites (tertiary alicyclic amines) is 1. The molecule has 3 amide bonds. The van der Waals surface area contributed by atoms with Gasteiger partial charge in [0.25, 0.3) is 0 Å². The molecule has 0 bridgehead atoms. The highest BCUT2D eigenvalue weighted by molar-refractivity contribution is 5.89. The van der Waals surface area contributed by atoms with E-state index in [0.717, 1.165) is 11.3 Å². The molecule has 0 spiro atoms. The van der Waals surface area contributed by atoms with Crippen molar-refractivity contribution in [3.05, 3.63) is 60.2 Å². The maximum absolute atomic E-state index is 12.2. The number of urea groups is 1. The summed E-state index contributed by atoms with van der Waals surface area (Å²) in [6, 6.07) is 16.8. The minimum Gasteiger partial charge on any atom is -0.497 e. The molecule has 1 heterocycles. The molecule has 1 atom stereocenters. The van der Waals surface area contributed by atoms with Crippen LogP contribution in [0.4, 0.5) is 10.5 Å². The van der Waals surface area contributed by atoms with Crippen molar-refractivity contribution in [3.8, 4) is 5.75 Å². The molecule has 2 aromatic carbocycles. The van der Waals surface area contributed by atoms with E-state index in [9.17, 15) is 9.59 Å². The third kappa shape index (κ3) is 4.75. The highest BCUT2D eigenvalue weighted by Crippen LogP contribution is 2.20. The lowest BCUT2D eigenvalue weighted by atomic mass is 10.1. The molecule has 1 unspecified atom stereocenters. The van der Waals surface area contributed by atoms with Crippen molar-refractivity contribution in [1.29, 1.82) is 0 Å². The first-order valence-electron chi connectivity index (χ1n) is 8.64. The number of amides is 3. The van der Waals surface area contributed by atoms with Crippen molar-refractivity contribution in [2.45, 2.75) is 13.0 Å². The Morgan fingerprint density at radius 1 is 1.15 bits per heavy atom. The molecule has 1 aliphatic heterocycles. The molecule has 2 aromatic rings. The maximum atomic E-state index is 12.2. The van der Waals surface area contributed by atoms with Gasteiger partial charge < -0.3 is 20.3 Å². The molecule has 0 aliphatic carbocycles. The fraction of sp³-hybridized carbons (Fsp3) is 0.300. The van der Waals surface area contributed by atoms with Crippen LogP contribution in [-0.2, 0) is 11.3 Å². The van der Waals surface area contributed by atoms with Crippen molar-refractivity contribution in [1.82, 2.24) is 10.2 Å². The molecule has 1 aliphatic rings. The summed E-state index contributed by atoms with van der Waals surface area (Å²) < 4.78 is 5.09. The van der Waals surface area contributed by atoms with E-state index in [2.05, 4.69) is 10.6 Å². The van der Waals surface area contributed by atoms with Gasteiger partial charge in [-0.25, -0.2) is 4.79 Å². The number of benzene rings is 2. The minimum atomic E-state index is -0.274. The Morgan fingerprint density at radius 2 is 1.88 bits per heavy atom. The lowest BCUT2D eigenvalue weighted by molar-refractivity contribution is -0.128. The summed E-state index contributed by atoms with van der Waals surface area (Å²) in [7, 11) is 1.60. The normalized spacial score (nSPS) is 16.4. The van der Waals surface area contributed by atoms with Gasteiger partial charge in [0.2, 0.25) is 5.91 Å². The van der Waals surface area contributed by atoms with Gasteiger partial charge in [-0.05, 0) is 29.8 Å². The molecular weight excluding hydrogens is 330 g/mol. The molecule has 2 N–H and O–H groups in total. The lowest BCUT2D eigenvalue weighted by Gasteiger charge is -2.17. The fourth-order valence-corrected chi connectivity index (χ4v) is 3.03. The van der Waals surface area contributed by atoms with Gasteiger partial charge in [0.15, 0.2) is 0 Å². The van der Waals surface area contributed by atoms with Crippen LogP contribution < -0.4 is 15.4 Å². The Kier molecular flexibility index (Phi) is 5.73. The molecule has 0 aromatic heterocycles. The average Bonchev–Trinajstić information content (AvgIpc) is 3.01. The SMILES string of the molecule is COc1ccc(NC(=O)NCC2CC(=O)N(Cc3ccccc3)C2)cc1. The second-order valence-corrected chi connectivity index (χ2v) is 6.39. The predicted octanol–water partition coefficient (Wildman–Crippen LogP) is 2.87. The van der Waals surface area contributed by atoms with E-state index in [-0.39, 0.29) is 17.9 Å². The summed E-state index contributed by atoms with van der Waals surface area (Å²) in [5, 5.41) is 5.62. The number of carbonyl (C=O) groups is 2. The number of hydrogen-bond acceptors (Lipinski definition) is 3. The Balaban J connectivity index is 1.44. The number of ether oxygens (including phenoxy) is 1. The quantitative estimate of drug-likeness (QED) is 0.839. The van der Waals surface area contributed by atoms with E-state index in [1.165, 1.54) is 0 Å². The van der Waals surface area contributed by atoms with Crippen LogP contribution in [0.1, 0.15) is 12.0 Å². The van der Waals surface area contributed by atoms with Gasteiger partial charge in [0.05, 0.1) is 7.11 Å². The van der Waals surface area contributed by atoms with Crippen LogP contribution in [0, 0.1) is 5.92 Å². The largest absolute Gasteiger partial charge is 0.497 e. The first-order chi connectivity index (χ1) is 12.6. The Morgan fingerprint density at radius 3 is 2.58 bits per heavy atom. The highest BCUT2D eigenvalue weighted by Gasteiger charge is 2.29. The Hall–Kier alpha value is -3.02. The fourth-order valence-electron chi connectivity index (χ4n) is 3.03. The molecule has 0 saturated carbocycles. The van der Waals surface area contributed by atoms with Gasteiger partial charge in [-0.2, -0.15) is 0 Å². The van der Waals surface area contributed by atoms with Crippen LogP contribution in [0.5, 0.6) is 5.75 Å². The molecular formula is C20H23N3O3. The number of methoxy groups -OCH3 is 1. The third-order valence-electron chi connectivity index (χ3n) is 4.41. The number of rotatable bonds is 6. The first kappa shape index (κ1) is 17.8. The van der Waals surface area contributed by atoms with Gasteiger partial charge in [-0.15, -0.1) is 0 Å². The summed E-state index contributed by atoms with van der Waals surface area (Å²) >= 11 is 0. The van der Waals surface area contributed by atoms with Crippen LogP contribution in [0.3, 0.4) is 0 Å². The summed E-state index contributed by atoms with van der Waals surface area (Å²) in [6.45, 7) is 1.75. The number of nitrogens with one attached hydrogen (secondary N) is 2. The van der Waals surface area contributed by atoms with Crippen molar-refractivity contribution in [3.63, 3.8) is 0 Å². The zero-order valence-electron chi connectivity index (χ0n) is 14.8. The lowest BCUT2D eigenvalue weighted by Crippen LogP contribution is -2.34. The summed E-state index contributed by atoms with van der Waals surface area (Å²) in [5.74, 6) is 1.00. The second-order valence-electron chi connectivity index (χ2n) is 6.39. The second kappa shape index (κ2) is 8.38. The Bertz CT molecular complexity index is 747. The number of carbonyl (C=O) groups excluding carboxylic acids is 2. The Labute approximate surface area is 153 Å². The van der Waals surface area contributed by atoms with Gasteiger partial charge in [0, 0.05) is 37.7 Å². The van der Waals surface area contributed by atoms with E-state index in [1.54, 1.807) is 31.4 Å². The van der Waals surface area contributed by atoms with Gasteiger partial charge >= 0.3 is 6.03 Å². The number of hydrogen-bond donors (Lipinski definition) is 2. The molecule has 1 fully saturated rings. The average molecular weight is 353 g/mol. The van der Waals surface area contributed by atoms with Crippen molar-refractivity contribution >= 4 is 17.6 Å². The van der Waals surface area contributed by atoms with Gasteiger partial charge in [0.1, 0.15) is 5.75 Å². The van der Waals surface area contributed by atoms with Crippen LogP contribution in [0.25, 0.3) is 0 Å². The zero-order chi connectivity index (χ0) is 18.4. The van der Waals surface area contributed by atoms with Gasteiger partial charge in [-0.3, -0.25) is 4.79 Å². The molecule has 0 radical (unpaired) electrons. The highest BCUT2D eigenvalue weighted by atomic mass is 16.5. The molecule has 136 valence electrons. The van der Waals surface area contributed by atoms with Crippen LogP contribution >= 0.6 is 0 Å². The van der Waals surface area contributed by atoms with E-state index >= 15 is 0 Å². The van der Waals surface area contributed by atoms with Crippen LogP contribution in [0.2, 0.25) is 0 Å². The van der Waals surface area contributed by atoms with Gasteiger partial charge in [-0.1, -0.05) is 30.3 Å². The van der Waals surface area contributed by atoms with Crippen LogP contribution in [-0.4, -0.2) is 37.0 Å². The topological polar surface area (TPSA) is 70.7 Å². The van der Waals surface area contributed by atoms with E-state index < -0.39 is 0 Å². The molecule has 26 heavy (non-hydrogen) atoms. The van der Waals surface area contributed by atoms with E-state index in [4.69, 9.17) is 4.74 Å². The smallest absolute Gasteiger partial charge is 0.319 e. The third-order valence-corrected chi connectivity index (χ3v) is 4.41. The number of nitrogens with zero attached hydrogens (tertiary/aromatic N) is 1. The van der Waals surface area contributed by atoms with Crippen molar-refractivity contribution in [2.75, 3.05) is 25.5 Å². The molecule has 6 nitrogen and oxygen atoms in total. The first-order valence-corrected chi connectivity index (χ1v) is 8.64. The van der Waals surface area contributed by atoms with Crippen LogP contribution in [0.15, 0.2) is 54.6 Å². The minimum absolute atomic E-state index is 0.132. The summed E-state index contributed by atoms with van der Waals surface area (Å²) in [4.78, 5) is 26.0. The predicted molar refractivity (Wildman–Crippen MR) is 100.0 cm³/mol. The molecule has 1 saturated heterocycles. The number of anilines is 1. The maximum Gasteiger partial charge on any atom is 0.319 e. The monoisotopic (exact) mass is 353 g/mol. The van der Waals surface area contributed by atoms with E-state index in [1.807, 2.05) is 35.2 Å². The zero-order valence-corrected chi connectivity index (χ0v) is 14.8. The van der Waals surface area contributed by atoms with E-state index in [0.29, 0.717) is 31.7 Å². The molecule has 3 rings (SSSR count). The summed E-state index contributed by atoms with van der Waals surface area (Å²) in [6.07, 6.45) is 0.468. The standard InChI is InChI=1S/C20H23N3O3/c1-26-18-9-7-17(8-10-18)22-20(25)21-12-16-11-19(24)23(14-16)13-15-5-3-2-4-6-15/h2-10,16H,11-14H2,1H3,(H2,21,22,25). The van der Waals surface area contributed by atoms with Crippen molar-refractivity contribution in [2.24, 2.45) is 5.92 Å².